The van der Waals surface area contributed by atoms with Gasteiger partial charge in [0.2, 0.25) is 5.91 Å². The first-order chi connectivity index (χ1) is 17.6. The minimum Gasteiger partial charge on any atom is -0.496 e. The highest BCUT2D eigenvalue weighted by atomic mass is 32.1. The fourth-order valence-corrected chi connectivity index (χ4v) is 4.92. The maximum Gasteiger partial charge on any atom is 0.264 e. The van der Waals surface area contributed by atoms with Gasteiger partial charge in [-0.2, -0.15) is 5.10 Å². The van der Waals surface area contributed by atoms with Crippen LogP contribution in [0.5, 0.6) is 5.75 Å². The van der Waals surface area contributed by atoms with E-state index in [-0.39, 0.29) is 11.8 Å². The molecule has 1 aliphatic rings. The molecule has 0 spiro atoms. The molecular formula is C28H26N4O3S. The molecule has 0 aliphatic carbocycles. The lowest BCUT2D eigenvalue weighted by Crippen LogP contribution is -2.50. The molecule has 0 atom stereocenters. The number of thiophene rings is 1. The van der Waals surface area contributed by atoms with Gasteiger partial charge in [0.25, 0.3) is 5.91 Å². The van der Waals surface area contributed by atoms with Gasteiger partial charge in [0, 0.05) is 49.6 Å². The van der Waals surface area contributed by atoms with Crippen LogP contribution in [0.3, 0.4) is 0 Å². The second-order valence-electron chi connectivity index (χ2n) is 8.34. The van der Waals surface area contributed by atoms with Crippen molar-refractivity contribution < 1.29 is 14.3 Å². The fraction of sp³-hybridized carbons (Fsp3) is 0.179. The van der Waals surface area contributed by atoms with E-state index < -0.39 is 0 Å². The van der Waals surface area contributed by atoms with Crippen LogP contribution in [0.25, 0.3) is 23.0 Å². The van der Waals surface area contributed by atoms with E-state index in [4.69, 9.17) is 9.84 Å². The molecule has 36 heavy (non-hydrogen) atoms. The number of hydrogen-bond acceptors (Lipinski definition) is 5. The molecule has 0 unspecified atom stereocenters. The Hall–Kier alpha value is -4.17. The van der Waals surface area contributed by atoms with Crippen molar-refractivity contribution in [3.63, 3.8) is 0 Å². The van der Waals surface area contributed by atoms with E-state index in [1.54, 1.807) is 28.8 Å². The van der Waals surface area contributed by atoms with Crippen LogP contribution in [0.4, 0.5) is 0 Å². The Bertz CT molecular complexity index is 1370. The molecule has 2 aromatic carbocycles. The van der Waals surface area contributed by atoms with E-state index in [2.05, 4.69) is 0 Å². The minimum atomic E-state index is -0.0864. The molecule has 4 aromatic rings. The van der Waals surface area contributed by atoms with Crippen molar-refractivity contribution in [3.05, 3.63) is 94.8 Å². The van der Waals surface area contributed by atoms with E-state index in [9.17, 15) is 9.59 Å². The Kier molecular flexibility index (Phi) is 6.95. The van der Waals surface area contributed by atoms with E-state index in [1.165, 1.54) is 11.3 Å². The number of methoxy groups -OCH3 is 1. The number of benzene rings is 2. The van der Waals surface area contributed by atoms with Crippen LogP contribution in [-0.4, -0.2) is 64.7 Å². The first-order valence-electron chi connectivity index (χ1n) is 11.7. The summed E-state index contributed by atoms with van der Waals surface area (Å²) in [5, 5.41) is 6.72. The second-order valence-corrected chi connectivity index (χ2v) is 9.29. The number of ether oxygens (including phenoxy) is 1. The molecule has 3 heterocycles. The SMILES string of the molecule is COc1ccccc1-c1nn(-c2ccccc2)cc1C=CC(=O)N1CCN(C(=O)c2cccs2)CC1. The summed E-state index contributed by atoms with van der Waals surface area (Å²) < 4.78 is 7.37. The highest BCUT2D eigenvalue weighted by molar-refractivity contribution is 7.12. The van der Waals surface area contributed by atoms with Crippen molar-refractivity contribution in [1.82, 2.24) is 19.6 Å². The lowest BCUT2D eigenvalue weighted by atomic mass is 10.1. The van der Waals surface area contributed by atoms with E-state index in [1.807, 2.05) is 83.2 Å². The number of hydrogen-bond donors (Lipinski definition) is 0. The normalized spacial score (nSPS) is 13.8. The lowest BCUT2D eigenvalue weighted by molar-refractivity contribution is -0.127. The Labute approximate surface area is 213 Å². The maximum absolute atomic E-state index is 13.0. The highest BCUT2D eigenvalue weighted by Crippen LogP contribution is 2.32. The molecule has 1 saturated heterocycles. The van der Waals surface area contributed by atoms with Crippen molar-refractivity contribution in [2.24, 2.45) is 0 Å². The van der Waals surface area contributed by atoms with Gasteiger partial charge in [-0.3, -0.25) is 9.59 Å². The molecule has 182 valence electrons. The molecule has 2 amide bonds. The fourth-order valence-electron chi connectivity index (χ4n) is 4.22. The van der Waals surface area contributed by atoms with Crippen LogP contribution in [0.2, 0.25) is 0 Å². The van der Waals surface area contributed by atoms with E-state index in [0.717, 1.165) is 27.4 Å². The largest absolute Gasteiger partial charge is 0.496 e. The average molecular weight is 499 g/mol. The third-order valence-corrected chi connectivity index (χ3v) is 7.00. The highest BCUT2D eigenvalue weighted by Gasteiger charge is 2.24. The summed E-state index contributed by atoms with van der Waals surface area (Å²) in [5.41, 5.74) is 3.31. The zero-order valence-electron chi connectivity index (χ0n) is 19.9. The molecule has 0 radical (unpaired) electrons. The number of piperazine rings is 1. The quantitative estimate of drug-likeness (QED) is 0.364. The Morgan fingerprint density at radius 1 is 0.917 bits per heavy atom. The first-order valence-corrected chi connectivity index (χ1v) is 12.6. The Balaban J connectivity index is 1.35. The molecule has 8 heteroatoms. The summed E-state index contributed by atoms with van der Waals surface area (Å²) >= 11 is 1.44. The van der Waals surface area contributed by atoms with Crippen LogP contribution in [0.1, 0.15) is 15.2 Å². The number of amides is 2. The van der Waals surface area contributed by atoms with Crippen LogP contribution < -0.4 is 4.74 Å². The summed E-state index contributed by atoms with van der Waals surface area (Å²) in [6, 6.07) is 21.3. The van der Waals surface area contributed by atoms with Crippen molar-refractivity contribution in [1.29, 1.82) is 0 Å². The average Bonchev–Trinajstić information content (AvgIpc) is 3.63. The number of para-hydroxylation sites is 2. The van der Waals surface area contributed by atoms with Gasteiger partial charge < -0.3 is 14.5 Å². The molecule has 0 bridgehead atoms. The summed E-state index contributed by atoms with van der Waals surface area (Å²) in [6.45, 7) is 2.05. The van der Waals surface area contributed by atoms with Crippen LogP contribution >= 0.6 is 11.3 Å². The maximum atomic E-state index is 13.0. The van der Waals surface area contributed by atoms with Crippen LogP contribution in [0, 0.1) is 0 Å². The molecule has 1 fully saturated rings. The number of rotatable bonds is 6. The summed E-state index contributed by atoms with van der Waals surface area (Å²) in [5.74, 6) is 0.655. The van der Waals surface area contributed by atoms with Crippen molar-refractivity contribution in [2.45, 2.75) is 0 Å². The van der Waals surface area contributed by atoms with E-state index in [0.29, 0.717) is 31.9 Å². The predicted octanol–water partition coefficient (Wildman–Crippen LogP) is 4.61. The van der Waals surface area contributed by atoms with Gasteiger partial charge in [-0.25, -0.2) is 4.68 Å². The lowest BCUT2D eigenvalue weighted by Gasteiger charge is -2.34. The van der Waals surface area contributed by atoms with Gasteiger partial charge in [0.05, 0.1) is 17.7 Å². The molecule has 1 aliphatic heterocycles. The Morgan fingerprint density at radius 3 is 2.36 bits per heavy atom. The molecule has 2 aromatic heterocycles. The number of carbonyl (C=O) groups excluding carboxylic acids is 2. The topological polar surface area (TPSA) is 67.7 Å². The van der Waals surface area contributed by atoms with Crippen LogP contribution in [0.15, 0.2) is 84.4 Å². The second kappa shape index (κ2) is 10.6. The van der Waals surface area contributed by atoms with Crippen molar-refractivity contribution in [3.8, 4) is 22.7 Å². The van der Waals surface area contributed by atoms with Crippen molar-refractivity contribution in [2.75, 3.05) is 33.3 Å². The smallest absolute Gasteiger partial charge is 0.264 e. The van der Waals surface area contributed by atoms with Gasteiger partial charge in [-0.1, -0.05) is 36.4 Å². The molecular weight excluding hydrogens is 472 g/mol. The number of aromatic nitrogens is 2. The van der Waals surface area contributed by atoms with Crippen molar-refractivity contribution >= 4 is 29.2 Å². The summed E-state index contributed by atoms with van der Waals surface area (Å²) in [4.78, 5) is 29.9. The monoisotopic (exact) mass is 498 g/mol. The summed E-state index contributed by atoms with van der Waals surface area (Å²) in [6.07, 6.45) is 5.31. The Morgan fingerprint density at radius 2 is 1.64 bits per heavy atom. The standard InChI is InChI=1S/C28H26N4O3S/c1-35-24-11-6-5-10-23(24)27-21(20-32(29-27)22-8-3-2-4-9-22)13-14-26(33)30-15-17-31(18-16-30)28(34)25-12-7-19-36-25/h2-14,19-20H,15-18H2,1H3. The third kappa shape index (κ3) is 4.94. The van der Waals surface area contributed by atoms with Gasteiger partial charge in [-0.05, 0) is 41.8 Å². The zero-order chi connectivity index (χ0) is 24.9. The molecule has 7 nitrogen and oxygen atoms in total. The minimum absolute atomic E-state index is 0.0300. The van der Waals surface area contributed by atoms with Gasteiger partial charge in [0.15, 0.2) is 0 Å². The van der Waals surface area contributed by atoms with E-state index >= 15 is 0 Å². The van der Waals surface area contributed by atoms with Crippen LogP contribution in [-0.2, 0) is 4.79 Å². The number of carbonyl (C=O) groups is 2. The predicted molar refractivity (Wildman–Crippen MR) is 141 cm³/mol. The summed E-state index contributed by atoms with van der Waals surface area (Å²) in [7, 11) is 1.63. The number of nitrogens with zero attached hydrogens (tertiary/aromatic N) is 4. The molecule has 5 rings (SSSR count). The molecule has 0 N–H and O–H groups in total. The van der Waals surface area contributed by atoms with Gasteiger partial charge in [-0.15, -0.1) is 11.3 Å². The zero-order valence-corrected chi connectivity index (χ0v) is 20.7. The van der Waals surface area contributed by atoms with Gasteiger partial charge in [0.1, 0.15) is 11.4 Å². The van der Waals surface area contributed by atoms with Gasteiger partial charge >= 0.3 is 0 Å². The molecule has 0 saturated carbocycles. The third-order valence-electron chi connectivity index (χ3n) is 6.14. The first kappa shape index (κ1) is 23.6.